The molecule has 0 bridgehead atoms. The van der Waals surface area contributed by atoms with E-state index >= 15 is 0 Å². The molecule has 22 heavy (non-hydrogen) atoms. The Bertz CT molecular complexity index is 524. The van der Waals surface area contributed by atoms with Crippen molar-refractivity contribution < 1.29 is 9.32 Å². The smallest absolute Gasteiger partial charge is 0.243 e. The number of aromatic nitrogens is 2. The molecule has 1 saturated heterocycles. The number of hydrogen-bond acceptors (Lipinski definition) is 6. The lowest BCUT2D eigenvalue weighted by atomic mass is 10.1. The van der Waals surface area contributed by atoms with E-state index in [1.807, 2.05) is 11.8 Å². The summed E-state index contributed by atoms with van der Waals surface area (Å²) in [6.07, 6.45) is 2.76. The molecular weight excluding hydrogens is 282 g/mol. The van der Waals surface area contributed by atoms with Gasteiger partial charge in [0.1, 0.15) is 0 Å². The molecule has 0 spiro atoms. The second-order valence-corrected chi connectivity index (χ2v) is 6.49. The summed E-state index contributed by atoms with van der Waals surface area (Å²) in [6.45, 7) is 7.10. The van der Waals surface area contributed by atoms with Crippen LogP contribution in [-0.2, 0) is 4.79 Å². The number of nitrogens with two attached hydrogens (primary N) is 1. The van der Waals surface area contributed by atoms with Gasteiger partial charge in [-0.15, -0.1) is 0 Å². The van der Waals surface area contributed by atoms with Crippen molar-refractivity contribution in [2.75, 3.05) is 26.2 Å². The van der Waals surface area contributed by atoms with E-state index in [4.69, 9.17) is 10.3 Å². The van der Waals surface area contributed by atoms with Crippen molar-refractivity contribution in [2.45, 2.75) is 45.2 Å². The molecule has 7 nitrogen and oxygen atoms in total. The average Bonchev–Trinajstić information content (AvgIpc) is 3.14. The minimum Gasteiger partial charge on any atom is -0.340 e. The number of aryl methyl sites for hydroxylation is 1. The highest BCUT2D eigenvalue weighted by Crippen LogP contribution is 2.27. The molecule has 1 aromatic heterocycles. The van der Waals surface area contributed by atoms with E-state index in [0.717, 1.165) is 45.4 Å². The van der Waals surface area contributed by atoms with Crippen molar-refractivity contribution >= 4 is 5.91 Å². The summed E-state index contributed by atoms with van der Waals surface area (Å²) in [7, 11) is 0. The Labute approximate surface area is 130 Å². The number of carbonyl (C=O) groups is 1. The quantitative estimate of drug-likeness (QED) is 0.885. The number of piperazine rings is 1. The summed E-state index contributed by atoms with van der Waals surface area (Å²) in [5.74, 6) is 1.73. The van der Waals surface area contributed by atoms with Crippen molar-refractivity contribution in [3.05, 3.63) is 11.7 Å². The fourth-order valence-corrected chi connectivity index (χ4v) is 3.47. The molecule has 1 saturated carbocycles. The largest absolute Gasteiger partial charge is 0.340 e. The number of nitrogens with zero attached hydrogens (tertiary/aromatic N) is 4. The van der Waals surface area contributed by atoms with Gasteiger partial charge in [-0.25, -0.2) is 0 Å². The third kappa shape index (κ3) is 3.15. The Balaban J connectivity index is 1.53. The maximum absolute atomic E-state index is 12.5. The number of hydrogen-bond donors (Lipinski definition) is 1. The van der Waals surface area contributed by atoms with Gasteiger partial charge in [0, 0.05) is 38.1 Å². The highest BCUT2D eigenvalue weighted by atomic mass is 16.5. The molecule has 1 aromatic rings. The van der Waals surface area contributed by atoms with Crippen LogP contribution in [0.5, 0.6) is 0 Å². The molecule has 2 fully saturated rings. The topological polar surface area (TPSA) is 88.5 Å². The van der Waals surface area contributed by atoms with Gasteiger partial charge in [0.05, 0.1) is 6.04 Å². The van der Waals surface area contributed by atoms with E-state index < -0.39 is 0 Å². The van der Waals surface area contributed by atoms with Gasteiger partial charge in [0.15, 0.2) is 5.82 Å². The zero-order valence-corrected chi connectivity index (χ0v) is 13.4. The van der Waals surface area contributed by atoms with Crippen molar-refractivity contribution in [3.8, 4) is 0 Å². The van der Waals surface area contributed by atoms with Crippen molar-refractivity contribution in [3.63, 3.8) is 0 Å². The molecule has 0 aromatic carbocycles. The van der Waals surface area contributed by atoms with E-state index in [9.17, 15) is 4.79 Å². The van der Waals surface area contributed by atoms with Gasteiger partial charge in [0.2, 0.25) is 11.8 Å². The average molecular weight is 307 g/mol. The monoisotopic (exact) mass is 307 g/mol. The first kappa shape index (κ1) is 15.4. The summed E-state index contributed by atoms with van der Waals surface area (Å²) in [5, 5.41) is 3.85. The maximum Gasteiger partial charge on any atom is 0.243 e. The molecule has 7 heteroatoms. The third-order valence-electron chi connectivity index (χ3n) is 4.90. The molecule has 2 aliphatic rings. The fraction of sp³-hybridized carbons (Fsp3) is 0.800. The van der Waals surface area contributed by atoms with Crippen LogP contribution in [0.4, 0.5) is 0 Å². The molecule has 2 heterocycles. The summed E-state index contributed by atoms with van der Waals surface area (Å²) >= 11 is 0. The van der Waals surface area contributed by atoms with Gasteiger partial charge in [-0.2, -0.15) is 4.98 Å². The van der Waals surface area contributed by atoms with Crippen molar-refractivity contribution in [1.29, 1.82) is 0 Å². The van der Waals surface area contributed by atoms with Crippen LogP contribution < -0.4 is 5.73 Å². The molecule has 3 atom stereocenters. The first-order valence-electron chi connectivity index (χ1n) is 8.13. The van der Waals surface area contributed by atoms with Gasteiger partial charge in [-0.1, -0.05) is 5.16 Å². The maximum atomic E-state index is 12.5. The van der Waals surface area contributed by atoms with Crippen LogP contribution in [0.3, 0.4) is 0 Å². The van der Waals surface area contributed by atoms with Crippen molar-refractivity contribution in [2.24, 2.45) is 11.7 Å². The van der Waals surface area contributed by atoms with Gasteiger partial charge in [-0.3, -0.25) is 9.69 Å². The van der Waals surface area contributed by atoms with E-state index in [0.29, 0.717) is 11.7 Å². The van der Waals surface area contributed by atoms with Crippen LogP contribution in [0.2, 0.25) is 0 Å². The molecule has 3 rings (SSSR count). The molecular formula is C15H25N5O2. The lowest BCUT2D eigenvalue weighted by Crippen LogP contribution is -2.50. The van der Waals surface area contributed by atoms with Crippen molar-refractivity contribution in [1.82, 2.24) is 19.9 Å². The fourth-order valence-electron chi connectivity index (χ4n) is 3.47. The second-order valence-electron chi connectivity index (χ2n) is 6.49. The van der Waals surface area contributed by atoms with E-state index in [2.05, 4.69) is 22.0 Å². The summed E-state index contributed by atoms with van der Waals surface area (Å²) < 4.78 is 5.25. The summed E-state index contributed by atoms with van der Waals surface area (Å²) in [4.78, 5) is 21.1. The Morgan fingerprint density at radius 2 is 2.05 bits per heavy atom. The van der Waals surface area contributed by atoms with Crippen LogP contribution in [0.15, 0.2) is 4.52 Å². The normalized spacial score (nSPS) is 28.0. The Morgan fingerprint density at radius 1 is 1.32 bits per heavy atom. The molecule has 1 aliphatic heterocycles. The molecule has 3 unspecified atom stereocenters. The molecule has 2 N–H and O–H groups in total. The van der Waals surface area contributed by atoms with Gasteiger partial charge in [0.25, 0.3) is 0 Å². The Morgan fingerprint density at radius 3 is 2.59 bits per heavy atom. The lowest BCUT2D eigenvalue weighted by Gasteiger charge is -2.37. The lowest BCUT2D eigenvalue weighted by molar-refractivity contribution is -0.137. The van der Waals surface area contributed by atoms with Crippen LogP contribution >= 0.6 is 0 Å². The Kier molecular flexibility index (Phi) is 4.44. The van der Waals surface area contributed by atoms with Crippen LogP contribution in [0.1, 0.15) is 43.9 Å². The first-order valence-corrected chi connectivity index (χ1v) is 8.13. The first-order chi connectivity index (χ1) is 10.5. The van der Waals surface area contributed by atoms with E-state index in [1.54, 1.807) is 0 Å². The predicted molar refractivity (Wildman–Crippen MR) is 80.9 cm³/mol. The van der Waals surface area contributed by atoms with Gasteiger partial charge >= 0.3 is 0 Å². The van der Waals surface area contributed by atoms with Crippen LogP contribution in [-0.4, -0.2) is 58.1 Å². The predicted octanol–water partition coefficient (Wildman–Crippen LogP) is 0.711. The molecule has 1 aliphatic carbocycles. The van der Waals surface area contributed by atoms with Crippen LogP contribution in [0, 0.1) is 12.8 Å². The minimum absolute atomic E-state index is 0.0957. The van der Waals surface area contributed by atoms with Gasteiger partial charge < -0.3 is 15.2 Å². The van der Waals surface area contributed by atoms with Gasteiger partial charge in [-0.05, 0) is 33.1 Å². The SMILES string of the molecule is Cc1noc(C(C)N2CCN(C(=O)C3CCC(N)C3)CC2)n1. The standard InChI is InChI=1S/C15H25N5O2/c1-10(14-17-11(2)18-22-14)19-5-7-20(8-6-19)15(21)12-3-4-13(16)9-12/h10,12-13H,3-9,16H2,1-2H3. The van der Waals surface area contributed by atoms with Crippen LogP contribution in [0.25, 0.3) is 0 Å². The number of carbonyl (C=O) groups excluding carboxylic acids is 1. The summed E-state index contributed by atoms with van der Waals surface area (Å²) in [6, 6.07) is 0.300. The second kappa shape index (κ2) is 6.34. The minimum atomic E-state index is 0.0957. The van der Waals surface area contributed by atoms with E-state index in [1.165, 1.54) is 0 Å². The van der Waals surface area contributed by atoms with E-state index in [-0.39, 0.29) is 23.9 Å². The zero-order chi connectivity index (χ0) is 15.7. The summed E-state index contributed by atoms with van der Waals surface area (Å²) in [5.41, 5.74) is 5.92. The molecule has 1 amide bonds. The highest BCUT2D eigenvalue weighted by Gasteiger charge is 2.33. The highest BCUT2D eigenvalue weighted by molar-refractivity contribution is 5.79. The number of rotatable bonds is 3. The zero-order valence-electron chi connectivity index (χ0n) is 13.4. The molecule has 122 valence electrons. The Hall–Kier alpha value is -1.47. The third-order valence-corrected chi connectivity index (χ3v) is 4.90. The number of amides is 1. The molecule has 0 radical (unpaired) electrons.